The summed E-state index contributed by atoms with van der Waals surface area (Å²) >= 11 is 0. The molecule has 3 nitrogen and oxygen atoms in total. The van der Waals surface area contributed by atoms with E-state index in [4.69, 9.17) is 0 Å². The molecule has 0 spiro atoms. The zero-order chi connectivity index (χ0) is 12.3. The third-order valence-electron chi connectivity index (χ3n) is 4.13. The summed E-state index contributed by atoms with van der Waals surface area (Å²) < 4.78 is 0. The van der Waals surface area contributed by atoms with Crippen LogP contribution in [0.3, 0.4) is 0 Å². The fraction of sp³-hybridized carbons (Fsp3) is 0.929. The van der Waals surface area contributed by atoms with Crippen LogP contribution in [-0.4, -0.2) is 36.5 Å². The molecule has 1 unspecified atom stereocenters. The Balaban J connectivity index is 1.93. The van der Waals surface area contributed by atoms with Gasteiger partial charge in [-0.05, 0) is 50.6 Å². The van der Waals surface area contributed by atoms with E-state index in [2.05, 4.69) is 24.1 Å². The Hall–Kier alpha value is -0.570. The van der Waals surface area contributed by atoms with Gasteiger partial charge in [0.1, 0.15) is 0 Å². The third kappa shape index (κ3) is 3.21. The number of amides is 1. The van der Waals surface area contributed by atoms with E-state index in [1.165, 1.54) is 25.7 Å². The fourth-order valence-electron chi connectivity index (χ4n) is 3.29. The van der Waals surface area contributed by atoms with Crippen LogP contribution in [-0.2, 0) is 4.79 Å². The lowest BCUT2D eigenvalue weighted by atomic mass is 9.88. The summed E-state index contributed by atoms with van der Waals surface area (Å²) in [5, 5.41) is 3.41. The smallest absolute Gasteiger partial charge is 0.223 e. The molecule has 2 aliphatic heterocycles. The average Bonchev–Trinajstić information content (AvgIpc) is 2.78. The van der Waals surface area contributed by atoms with Crippen molar-refractivity contribution in [2.24, 2.45) is 11.8 Å². The molecule has 0 saturated carbocycles. The van der Waals surface area contributed by atoms with Crippen LogP contribution in [0.2, 0.25) is 0 Å². The summed E-state index contributed by atoms with van der Waals surface area (Å²) in [4.78, 5) is 14.4. The van der Waals surface area contributed by atoms with Gasteiger partial charge in [0.25, 0.3) is 0 Å². The summed E-state index contributed by atoms with van der Waals surface area (Å²) in [7, 11) is 0. The highest BCUT2D eigenvalue weighted by Gasteiger charge is 2.34. The van der Waals surface area contributed by atoms with Crippen LogP contribution in [0, 0.1) is 11.8 Å². The Labute approximate surface area is 105 Å². The molecular weight excluding hydrogens is 212 g/mol. The maximum absolute atomic E-state index is 12.2. The zero-order valence-electron chi connectivity index (χ0n) is 11.2. The number of rotatable bonds is 3. The lowest BCUT2D eigenvalue weighted by Crippen LogP contribution is -2.44. The van der Waals surface area contributed by atoms with Gasteiger partial charge in [-0.1, -0.05) is 13.8 Å². The van der Waals surface area contributed by atoms with Crippen molar-refractivity contribution in [3.8, 4) is 0 Å². The maximum atomic E-state index is 12.2. The predicted molar refractivity (Wildman–Crippen MR) is 69.8 cm³/mol. The van der Waals surface area contributed by atoms with Crippen LogP contribution in [0.5, 0.6) is 0 Å². The van der Waals surface area contributed by atoms with E-state index in [0.29, 0.717) is 17.9 Å². The molecule has 0 aromatic rings. The molecule has 17 heavy (non-hydrogen) atoms. The molecule has 98 valence electrons. The van der Waals surface area contributed by atoms with E-state index < -0.39 is 0 Å². The molecule has 2 aliphatic rings. The van der Waals surface area contributed by atoms with E-state index in [0.717, 1.165) is 32.0 Å². The second-order valence-electron chi connectivity index (χ2n) is 5.98. The largest absolute Gasteiger partial charge is 0.339 e. The molecule has 2 heterocycles. The first-order valence-corrected chi connectivity index (χ1v) is 7.18. The van der Waals surface area contributed by atoms with Crippen LogP contribution in [0.25, 0.3) is 0 Å². The maximum Gasteiger partial charge on any atom is 0.223 e. The summed E-state index contributed by atoms with van der Waals surface area (Å²) in [5.41, 5.74) is 0. The topological polar surface area (TPSA) is 32.3 Å². The fourth-order valence-corrected chi connectivity index (χ4v) is 3.29. The Kier molecular flexibility index (Phi) is 4.43. The first kappa shape index (κ1) is 12.9. The number of nitrogens with one attached hydrogen (secondary N) is 1. The molecule has 0 aromatic carbocycles. The normalized spacial score (nSPS) is 26.8. The highest BCUT2D eigenvalue weighted by molar-refractivity contribution is 5.77. The number of hydrogen-bond acceptors (Lipinski definition) is 2. The number of hydrogen-bond donors (Lipinski definition) is 1. The average molecular weight is 238 g/mol. The van der Waals surface area contributed by atoms with Crippen molar-refractivity contribution in [2.75, 3.05) is 19.6 Å². The van der Waals surface area contributed by atoms with Crippen molar-refractivity contribution >= 4 is 5.91 Å². The van der Waals surface area contributed by atoms with Gasteiger partial charge >= 0.3 is 0 Å². The molecule has 1 N–H and O–H groups in total. The van der Waals surface area contributed by atoms with Crippen LogP contribution in [0.15, 0.2) is 0 Å². The molecule has 2 fully saturated rings. The minimum absolute atomic E-state index is 0.390. The van der Waals surface area contributed by atoms with Crippen LogP contribution in [0.1, 0.15) is 46.0 Å². The standard InChI is InChI=1S/C14H26N2O/c1-11(2)10-14(17)16-9-3-4-13(16)12-5-7-15-8-6-12/h11-13,15H,3-10H2,1-2H3. The third-order valence-corrected chi connectivity index (χ3v) is 4.13. The monoisotopic (exact) mass is 238 g/mol. The van der Waals surface area contributed by atoms with Gasteiger partial charge in [-0.15, -0.1) is 0 Å². The van der Waals surface area contributed by atoms with Crippen LogP contribution in [0.4, 0.5) is 0 Å². The number of piperidine rings is 1. The van der Waals surface area contributed by atoms with Crippen LogP contribution >= 0.6 is 0 Å². The van der Waals surface area contributed by atoms with Gasteiger partial charge < -0.3 is 10.2 Å². The quantitative estimate of drug-likeness (QED) is 0.816. The first-order chi connectivity index (χ1) is 8.18. The number of likely N-dealkylation sites (tertiary alicyclic amines) is 1. The summed E-state index contributed by atoms with van der Waals surface area (Å²) in [6.45, 7) is 7.53. The SMILES string of the molecule is CC(C)CC(=O)N1CCCC1C1CCNCC1. The lowest BCUT2D eigenvalue weighted by molar-refractivity contribution is -0.133. The zero-order valence-corrected chi connectivity index (χ0v) is 11.2. The van der Waals surface area contributed by atoms with Crippen molar-refractivity contribution in [2.45, 2.75) is 52.0 Å². The van der Waals surface area contributed by atoms with Gasteiger partial charge in [-0.2, -0.15) is 0 Å². The molecule has 0 bridgehead atoms. The lowest BCUT2D eigenvalue weighted by Gasteiger charge is -2.34. The van der Waals surface area contributed by atoms with Crippen molar-refractivity contribution in [3.05, 3.63) is 0 Å². The van der Waals surface area contributed by atoms with E-state index in [1.807, 2.05) is 0 Å². The number of nitrogens with zero attached hydrogens (tertiary/aromatic N) is 1. The first-order valence-electron chi connectivity index (χ1n) is 7.18. The van der Waals surface area contributed by atoms with Crippen molar-refractivity contribution in [1.82, 2.24) is 10.2 Å². The van der Waals surface area contributed by atoms with Crippen molar-refractivity contribution in [3.63, 3.8) is 0 Å². The van der Waals surface area contributed by atoms with Gasteiger partial charge in [-0.3, -0.25) is 4.79 Å². The summed E-state index contributed by atoms with van der Waals surface area (Å²) in [5.74, 6) is 1.62. The van der Waals surface area contributed by atoms with E-state index in [9.17, 15) is 4.79 Å². The van der Waals surface area contributed by atoms with E-state index >= 15 is 0 Å². The molecule has 3 heteroatoms. The molecule has 0 radical (unpaired) electrons. The van der Waals surface area contributed by atoms with Crippen LogP contribution < -0.4 is 5.32 Å². The van der Waals surface area contributed by atoms with Gasteiger partial charge in [-0.25, -0.2) is 0 Å². The molecule has 0 aromatic heterocycles. The van der Waals surface area contributed by atoms with Crippen molar-refractivity contribution < 1.29 is 4.79 Å². The molecule has 2 saturated heterocycles. The predicted octanol–water partition coefficient (Wildman–Crippen LogP) is 2.02. The molecule has 0 aliphatic carbocycles. The van der Waals surface area contributed by atoms with Gasteiger partial charge in [0, 0.05) is 19.0 Å². The molecule has 1 atom stereocenters. The number of carbonyl (C=O) groups excluding carboxylic acids is 1. The number of carbonyl (C=O) groups is 1. The van der Waals surface area contributed by atoms with E-state index in [-0.39, 0.29) is 0 Å². The Morgan fingerprint density at radius 3 is 2.65 bits per heavy atom. The van der Waals surface area contributed by atoms with Crippen molar-refractivity contribution in [1.29, 1.82) is 0 Å². The Bertz CT molecular complexity index is 259. The highest BCUT2D eigenvalue weighted by Crippen LogP contribution is 2.30. The summed E-state index contributed by atoms with van der Waals surface area (Å²) in [6.07, 6.45) is 5.65. The molecular formula is C14H26N2O. The minimum atomic E-state index is 0.390. The highest BCUT2D eigenvalue weighted by atomic mass is 16.2. The van der Waals surface area contributed by atoms with Gasteiger partial charge in [0.05, 0.1) is 0 Å². The van der Waals surface area contributed by atoms with Gasteiger partial charge in [0.2, 0.25) is 5.91 Å². The second-order valence-corrected chi connectivity index (χ2v) is 5.98. The minimum Gasteiger partial charge on any atom is -0.339 e. The summed E-state index contributed by atoms with van der Waals surface area (Å²) in [6, 6.07) is 0.545. The Morgan fingerprint density at radius 1 is 1.29 bits per heavy atom. The Morgan fingerprint density at radius 2 is 2.00 bits per heavy atom. The van der Waals surface area contributed by atoms with E-state index in [1.54, 1.807) is 0 Å². The van der Waals surface area contributed by atoms with Gasteiger partial charge in [0.15, 0.2) is 0 Å². The molecule has 2 rings (SSSR count). The molecule has 1 amide bonds. The second kappa shape index (κ2) is 5.85.